The first-order valence-corrected chi connectivity index (χ1v) is 11.4. The summed E-state index contributed by atoms with van der Waals surface area (Å²) in [7, 11) is -2.37. The summed E-state index contributed by atoms with van der Waals surface area (Å²) in [5, 5.41) is 0.0836. The Labute approximate surface area is 176 Å². The Bertz CT molecular complexity index is 1020. The zero-order chi connectivity index (χ0) is 21.2. The second kappa shape index (κ2) is 8.63. The van der Waals surface area contributed by atoms with Crippen molar-refractivity contribution in [3.05, 3.63) is 47.0 Å². The zero-order valence-corrected chi connectivity index (χ0v) is 18.3. The standard InChI is InChI=1S/C21H25ClN2O4S/c1-14(2)10-11-24-19-7-5-16(12-15(19)4-9-21(24)25)23-29(26,27)20-8-6-17(28-3)13-18(20)22/h5-8,12-14,23H,4,9-11H2,1-3H3. The lowest BCUT2D eigenvalue weighted by Crippen LogP contribution is -2.36. The number of amides is 1. The number of ether oxygens (including phenoxy) is 1. The average Bonchev–Trinajstić information content (AvgIpc) is 2.66. The number of nitrogens with one attached hydrogen (secondary N) is 1. The van der Waals surface area contributed by atoms with Crippen LogP contribution in [0.25, 0.3) is 0 Å². The Hall–Kier alpha value is -2.25. The zero-order valence-electron chi connectivity index (χ0n) is 16.7. The summed E-state index contributed by atoms with van der Waals surface area (Å²) in [6.07, 6.45) is 1.92. The molecule has 0 saturated heterocycles. The van der Waals surface area contributed by atoms with Crippen LogP contribution in [-0.4, -0.2) is 28.0 Å². The third kappa shape index (κ3) is 4.85. The molecule has 1 N–H and O–H groups in total. The molecule has 0 spiro atoms. The number of nitrogens with zero attached hydrogens (tertiary/aromatic N) is 1. The number of hydrogen-bond donors (Lipinski definition) is 1. The van der Waals surface area contributed by atoms with Gasteiger partial charge in [0.15, 0.2) is 0 Å². The highest BCUT2D eigenvalue weighted by molar-refractivity contribution is 7.92. The molecule has 0 unspecified atom stereocenters. The summed E-state index contributed by atoms with van der Waals surface area (Å²) in [5.41, 5.74) is 2.25. The van der Waals surface area contributed by atoms with Crippen LogP contribution in [0.3, 0.4) is 0 Å². The molecule has 0 atom stereocenters. The normalized spacial score (nSPS) is 14.1. The van der Waals surface area contributed by atoms with Crippen LogP contribution in [0, 0.1) is 5.92 Å². The van der Waals surface area contributed by atoms with E-state index in [2.05, 4.69) is 18.6 Å². The predicted octanol–water partition coefficient (Wildman–Crippen LogP) is 4.47. The summed E-state index contributed by atoms with van der Waals surface area (Å²) in [6, 6.07) is 9.69. The number of aryl methyl sites for hydroxylation is 1. The number of methoxy groups -OCH3 is 1. The molecule has 156 valence electrons. The first-order valence-electron chi connectivity index (χ1n) is 9.51. The smallest absolute Gasteiger partial charge is 0.263 e. The molecule has 0 bridgehead atoms. The van der Waals surface area contributed by atoms with Gasteiger partial charge in [0.2, 0.25) is 5.91 Å². The fourth-order valence-corrected chi connectivity index (χ4v) is 4.88. The molecule has 8 heteroatoms. The van der Waals surface area contributed by atoms with E-state index in [0.717, 1.165) is 17.7 Å². The molecule has 1 amide bonds. The lowest BCUT2D eigenvalue weighted by molar-refractivity contribution is -0.118. The van der Waals surface area contributed by atoms with Crippen molar-refractivity contribution >= 4 is 38.9 Å². The predicted molar refractivity (Wildman–Crippen MR) is 115 cm³/mol. The van der Waals surface area contributed by atoms with Gasteiger partial charge in [-0.05, 0) is 54.7 Å². The van der Waals surface area contributed by atoms with E-state index in [9.17, 15) is 13.2 Å². The van der Waals surface area contributed by atoms with Crippen LogP contribution in [0.5, 0.6) is 5.75 Å². The van der Waals surface area contributed by atoms with Gasteiger partial charge in [0.1, 0.15) is 10.6 Å². The van der Waals surface area contributed by atoms with E-state index in [-0.39, 0.29) is 15.8 Å². The van der Waals surface area contributed by atoms with Gasteiger partial charge in [-0.25, -0.2) is 8.42 Å². The minimum absolute atomic E-state index is 0.0218. The topological polar surface area (TPSA) is 75.7 Å². The first kappa shape index (κ1) is 21.5. The molecule has 29 heavy (non-hydrogen) atoms. The van der Waals surface area contributed by atoms with Gasteiger partial charge in [0.05, 0.1) is 12.1 Å². The minimum atomic E-state index is -3.86. The fraction of sp³-hybridized carbons (Fsp3) is 0.381. The van der Waals surface area contributed by atoms with Crippen molar-refractivity contribution in [2.24, 2.45) is 5.92 Å². The summed E-state index contributed by atoms with van der Waals surface area (Å²) < 4.78 is 33.2. The quantitative estimate of drug-likeness (QED) is 0.694. The van der Waals surface area contributed by atoms with Crippen LogP contribution in [0.2, 0.25) is 5.02 Å². The number of carbonyl (C=O) groups is 1. The van der Waals surface area contributed by atoms with E-state index < -0.39 is 10.0 Å². The maximum absolute atomic E-state index is 12.8. The summed E-state index contributed by atoms with van der Waals surface area (Å²) in [6.45, 7) is 4.91. The Morgan fingerprint density at radius 3 is 2.59 bits per heavy atom. The molecular formula is C21H25ClN2O4S. The van der Waals surface area contributed by atoms with Crippen LogP contribution in [-0.2, 0) is 21.2 Å². The van der Waals surface area contributed by atoms with E-state index in [4.69, 9.17) is 16.3 Å². The first-order chi connectivity index (χ1) is 13.7. The Morgan fingerprint density at radius 2 is 1.93 bits per heavy atom. The molecule has 0 fully saturated rings. The lowest BCUT2D eigenvalue weighted by Gasteiger charge is -2.30. The van der Waals surface area contributed by atoms with Gasteiger partial charge < -0.3 is 9.64 Å². The van der Waals surface area contributed by atoms with Crippen LogP contribution < -0.4 is 14.4 Å². The number of fused-ring (bicyclic) bond motifs is 1. The van der Waals surface area contributed by atoms with Gasteiger partial charge >= 0.3 is 0 Å². The molecule has 2 aromatic carbocycles. The number of benzene rings is 2. The second-order valence-electron chi connectivity index (χ2n) is 7.47. The molecule has 1 aliphatic rings. The highest BCUT2D eigenvalue weighted by Crippen LogP contribution is 2.33. The summed E-state index contributed by atoms with van der Waals surface area (Å²) in [5.74, 6) is 1.08. The van der Waals surface area contributed by atoms with E-state index in [0.29, 0.717) is 36.7 Å². The highest BCUT2D eigenvalue weighted by atomic mass is 35.5. The summed E-state index contributed by atoms with van der Waals surface area (Å²) >= 11 is 6.13. The SMILES string of the molecule is COc1ccc(S(=O)(=O)Nc2ccc3c(c2)CCC(=O)N3CCC(C)C)c(Cl)c1. The Kier molecular flexibility index (Phi) is 6.39. The maximum atomic E-state index is 12.8. The van der Waals surface area contributed by atoms with Crippen LogP contribution in [0.15, 0.2) is 41.3 Å². The molecular weight excluding hydrogens is 412 g/mol. The molecule has 1 heterocycles. The molecule has 2 aromatic rings. The van der Waals surface area contributed by atoms with Crippen LogP contribution in [0.1, 0.15) is 32.3 Å². The van der Waals surface area contributed by atoms with E-state index >= 15 is 0 Å². The third-order valence-electron chi connectivity index (χ3n) is 4.89. The van der Waals surface area contributed by atoms with Crippen molar-refractivity contribution in [1.82, 2.24) is 0 Å². The maximum Gasteiger partial charge on any atom is 0.263 e. The molecule has 0 aromatic heterocycles. The number of halogens is 1. The average molecular weight is 437 g/mol. The van der Waals surface area contributed by atoms with Gasteiger partial charge in [0, 0.05) is 30.4 Å². The monoisotopic (exact) mass is 436 g/mol. The molecule has 0 aliphatic carbocycles. The van der Waals surface area contributed by atoms with Crippen molar-refractivity contribution in [2.45, 2.75) is 38.0 Å². The Morgan fingerprint density at radius 1 is 1.17 bits per heavy atom. The van der Waals surface area contributed by atoms with Gasteiger partial charge in [-0.1, -0.05) is 25.4 Å². The van der Waals surface area contributed by atoms with Crippen LogP contribution in [0.4, 0.5) is 11.4 Å². The number of carbonyl (C=O) groups excluding carboxylic acids is 1. The molecule has 1 aliphatic heterocycles. The van der Waals surface area contributed by atoms with Crippen molar-refractivity contribution in [3.63, 3.8) is 0 Å². The largest absolute Gasteiger partial charge is 0.497 e. The molecule has 6 nitrogen and oxygen atoms in total. The molecule has 0 radical (unpaired) electrons. The number of rotatable bonds is 7. The van der Waals surface area contributed by atoms with E-state index in [1.54, 1.807) is 29.2 Å². The summed E-state index contributed by atoms with van der Waals surface area (Å²) in [4.78, 5) is 14.1. The van der Waals surface area contributed by atoms with Gasteiger partial charge in [0.25, 0.3) is 10.0 Å². The fourth-order valence-electron chi connectivity index (χ4n) is 3.29. The number of anilines is 2. The van der Waals surface area contributed by atoms with Gasteiger partial charge in [-0.3, -0.25) is 9.52 Å². The van der Waals surface area contributed by atoms with E-state index in [1.807, 2.05) is 0 Å². The van der Waals surface area contributed by atoms with Crippen LogP contribution >= 0.6 is 11.6 Å². The van der Waals surface area contributed by atoms with Crippen molar-refractivity contribution < 1.29 is 17.9 Å². The Balaban J connectivity index is 1.85. The lowest BCUT2D eigenvalue weighted by atomic mass is 9.99. The van der Waals surface area contributed by atoms with E-state index in [1.165, 1.54) is 19.2 Å². The second-order valence-corrected chi connectivity index (χ2v) is 9.53. The van der Waals surface area contributed by atoms with Crippen molar-refractivity contribution in [1.29, 1.82) is 0 Å². The minimum Gasteiger partial charge on any atom is -0.497 e. The van der Waals surface area contributed by atoms with Crippen molar-refractivity contribution in [3.8, 4) is 5.75 Å². The number of sulfonamides is 1. The highest BCUT2D eigenvalue weighted by Gasteiger charge is 2.25. The van der Waals surface area contributed by atoms with Gasteiger partial charge in [-0.2, -0.15) is 0 Å². The van der Waals surface area contributed by atoms with Crippen molar-refractivity contribution in [2.75, 3.05) is 23.3 Å². The van der Waals surface area contributed by atoms with Gasteiger partial charge in [-0.15, -0.1) is 0 Å². The third-order valence-corrected chi connectivity index (χ3v) is 6.75. The number of hydrogen-bond acceptors (Lipinski definition) is 4. The molecule has 0 saturated carbocycles. The molecule has 3 rings (SSSR count).